The molecule has 7 heteroatoms. The molecule has 0 amide bonds. The Morgan fingerprint density at radius 3 is 2.36 bits per heavy atom. The van der Waals surface area contributed by atoms with Crippen LogP contribution in [0.5, 0.6) is 0 Å². The molecular formula is C18H25N3O3S. The molecule has 1 fully saturated rings. The molecule has 1 aliphatic heterocycles. The van der Waals surface area contributed by atoms with Crippen LogP contribution >= 0.6 is 0 Å². The van der Waals surface area contributed by atoms with Gasteiger partial charge in [0.25, 0.3) is 0 Å². The van der Waals surface area contributed by atoms with Crippen molar-refractivity contribution in [3.05, 3.63) is 46.8 Å². The maximum Gasteiger partial charge on any atom is 0.243 e. The van der Waals surface area contributed by atoms with Crippen LogP contribution in [0.4, 0.5) is 0 Å². The topological polar surface area (TPSA) is 75.4 Å². The van der Waals surface area contributed by atoms with Crippen molar-refractivity contribution in [3.63, 3.8) is 0 Å². The summed E-state index contributed by atoms with van der Waals surface area (Å²) in [5.74, 6) is 0.837. The van der Waals surface area contributed by atoms with Crippen LogP contribution in [0.2, 0.25) is 0 Å². The molecule has 1 aromatic carbocycles. The minimum atomic E-state index is -3.39. The Labute approximate surface area is 149 Å². The van der Waals surface area contributed by atoms with Gasteiger partial charge in [0.05, 0.1) is 10.6 Å². The fraction of sp³-hybridized carbons (Fsp3) is 0.500. The summed E-state index contributed by atoms with van der Waals surface area (Å²) in [6, 6.07) is 7.35. The van der Waals surface area contributed by atoms with E-state index in [2.05, 4.69) is 10.5 Å². The molecule has 1 aromatic heterocycles. The van der Waals surface area contributed by atoms with Gasteiger partial charge in [-0.25, -0.2) is 8.42 Å². The summed E-state index contributed by atoms with van der Waals surface area (Å²) in [6.45, 7) is 7.58. The van der Waals surface area contributed by atoms with E-state index >= 15 is 0 Å². The van der Waals surface area contributed by atoms with E-state index in [0.717, 1.165) is 35.4 Å². The van der Waals surface area contributed by atoms with Crippen molar-refractivity contribution >= 4 is 10.0 Å². The van der Waals surface area contributed by atoms with Crippen molar-refractivity contribution < 1.29 is 12.9 Å². The molecule has 2 heterocycles. The lowest BCUT2D eigenvalue weighted by Gasteiger charge is -2.31. The van der Waals surface area contributed by atoms with Crippen LogP contribution in [0.25, 0.3) is 0 Å². The fourth-order valence-electron chi connectivity index (χ4n) is 3.16. The third kappa shape index (κ3) is 3.94. The number of aryl methyl sites for hydroxylation is 3. The van der Waals surface area contributed by atoms with E-state index in [0.29, 0.717) is 30.6 Å². The molecule has 1 N–H and O–H groups in total. The molecule has 0 saturated carbocycles. The summed E-state index contributed by atoms with van der Waals surface area (Å²) in [7, 11) is -3.39. The molecule has 2 aromatic rings. The van der Waals surface area contributed by atoms with Crippen molar-refractivity contribution in [2.24, 2.45) is 0 Å². The third-order valence-electron chi connectivity index (χ3n) is 4.86. The van der Waals surface area contributed by atoms with Gasteiger partial charge >= 0.3 is 0 Å². The van der Waals surface area contributed by atoms with Crippen LogP contribution in [-0.4, -0.2) is 37.0 Å². The van der Waals surface area contributed by atoms with Crippen molar-refractivity contribution in [1.82, 2.24) is 14.8 Å². The van der Waals surface area contributed by atoms with Gasteiger partial charge in [-0.05, 0) is 45.7 Å². The average molecular weight is 363 g/mol. The second kappa shape index (κ2) is 7.27. The van der Waals surface area contributed by atoms with E-state index in [9.17, 15) is 8.42 Å². The number of nitrogens with zero attached hydrogens (tertiary/aromatic N) is 2. The maximum absolute atomic E-state index is 12.7. The molecule has 0 radical (unpaired) electrons. The third-order valence-corrected chi connectivity index (χ3v) is 6.77. The molecule has 0 spiro atoms. The number of benzene rings is 1. The van der Waals surface area contributed by atoms with Crippen molar-refractivity contribution in [2.75, 3.05) is 13.1 Å². The molecule has 1 aliphatic rings. The van der Waals surface area contributed by atoms with Crippen molar-refractivity contribution in [3.8, 4) is 0 Å². The van der Waals surface area contributed by atoms with E-state index in [-0.39, 0.29) is 0 Å². The van der Waals surface area contributed by atoms with Crippen LogP contribution in [0, 0.1) is 20.8 Å². The second-order valence-corrected chi connectivity index (χ2v) is 8.61. The molecule has 1 saturated heterocycles. The Kier molecular flexibility index (Phi) is 5.27. The number of nitrogens with one attached hydrogen (secondary N) is 1. The number of piperidine rings is 1. The summed E-state index contributed by atoms with van der Waals surface area (Å²) < 4.78 is 32.2. The Hall–Kier alpha value is -1.70. The van der Waals surface area contributed by atoms with Gasteiger partial charge in [0.2, 0.25) is 10.0 Å². The Morgan fingerprint density at radius 2 is 1.80 bits per heavy atom. The quantitative estimate of drug-likeness (QED) is 0.883. The van der Waals surface area contributed by atoms with E-state index in [1.165, 1.54) is 0 Å². The Bertz CT molecular complexity index is 800. The molecule has 136 valence electrons. The maximum atomic E-state index is 12.7. The number of sulfonamides is 1. The minimum Gasteiger partial charge on any atom is -0.361 e. The molecule has 0 aliphatic carbocycles. The van der Waals surface area contributed by atoms with Gasteiger partial charge in [-0.1, -0.05) is 22.9 Å². The van der Waals surface area contributed by atoms with Crippen LogP contribution < -0.4 is 5.32 Å². The normalized spacial score (nSPS) is 17.1. The molecule has 0 unspecified atom stereocenters. The standard InChI is InChI=1S/C18H25N3O3S/c1-13-4-6-17(7-5-13)25(22,23)21-10-8-16(9-11-21)19-12-18-14(2)20-24-15(18)3/h4-7,16,19H,8-12H2,1-3H3. The van der Waals surface area contributed by atoms with E-state index in [1.54, 1.807) is 16.4 Å². The van der Waals surface area contributed by atoms with Crippen molar-refractivity contribution in [2.45, 2.75) is 51.1 Å². The molecular weight excluding hydrogens is 338 g/mol. The van der Waals surface area contributed by atoms with Crippen molar-refractivity contribution in [1.29, 1.82) is 0 Å². The second-order valence-electron chi connectivity index (χ2n) is 6.68. The molecule has 3 rings (SSSR count). The van der Waals surface area contributed by atoms with Gasteiger partial charge in [-0.3, -0.25) is 0 Å². The highest BCUT2D eigenvalue weighted by Crippen LogP contribution is 2.22. The summed E-state index contributed by atoms with van der Waals surface area (Å²) in [6.07, 6.45) is 1.60. The van der Waals surface area contributed by atoms with Gasteiger partial charge in [0.1, 0.15) is 5.76 Å². The Balaban J connectivity index is 1.57. The zero-order chi connectivity index (χ0) is 18.0. The highest BCUT2D eigenvalue weighted by atomic mass is 32.2. The lowest BCUT2D eigenvalue weighted by atomic mass is 10.1. The number of hydrogen-bond acceptors (Lipinski definition) is 5. The lowest BCUT2D eigenvalue weighted by molar-refractivity contribution is 0.288. The van der Waals surface area contributed by atoms with Crippen LogP contribution in [0.1, 0.15) is 35.4 Å². The number of rotatable bonds is 5. The molecule has 25 heavy (non-hydrogen) atoms. The minimum absolute atomic E-state index is 0.304. The number of aromatic nitrogens is 1. The highest BCUT2D eigenvalue weighted by molar-refractivity contribution is 7.89. The fourth-order valence-corrected chi connectivity index (χ4v) is 4.63. The highest BCUT2D eigenvalue weighted by Gasteiger charge is 2.29. The SMILES string of the molecule is Cc1ccc(S(=O)(=O)N2CCC(NCc3c(C)noc3C)CC2)cc1. The van der Waals surface area contributed by atoms with E-state index < -0.39 is 10.0 Å². The largest absolute Gasteiger partial charge is 0.361 e. The van der Waals surface area contributed by atoms with Crippen LogP contribution in [0.15, 0.2) is 33.7 Å². The van der Waals surface area contributed by atoms with Crippen LogP contribution in [-0.2, 0) is 16.6 Å². The first kappa shape index (κ1) is 18.1. The van der Waals surface area contributed by atoms with E-state index in [4.69, 9.17) is 4.52 Å². The number of hydrogen-bond donors (Lipinski definition) is 1. The van der Waals surface area contributed by atoms with E-state index in [1.807, 2.05) is 32.9 Å². The first-order valence-corrected chi connectivity index (χ1v) is 10.0. The van der Waals surface area contributed by atoms with Gasteiger partial charge in [0.15, 0.2) is 0 Å². The zero-order valence-corrected chi connectivity index (χ0v) is 15.8. The molecule has 6 nitrogen and oxygen atoms in total. The summed E-state index contributed by atoms with van der Waals surface area (Å²) in [5, 5.41) is 7.46. The summed E-state index contributed by atoms with van der Waals surface area (Å²) in [5.41, 5.74) is 3.06. The summed E-state index contributed by atoms with van der Waals surface area (Å²) in [4.78, 5) is 0.375. The van der Waals surface area contributed by atoms with Gasteiger partial charge in [-0.15, -0.1) is 0 Å². The predicted octanol–water partition coefficient (Wildman–Crippen LogP) is 2.54. The summed E-state index contributed by atoms with van der Waals surface area (Å²) >= 11 is 0. The molecule has 0 bridgehead atoms. The van der Waals surface area contributed by atoms with Gasteiger partial charge < -0.3 is 9.84 Å². The smallest absolute Gasteiger partial charge is 0.243 e. The lowest BCUT2D eigenvalue weighted by Crippen LogP contribution is -2.44. The monoisotopic (exact) mass is 363 g/mol. The first-order valence-electron chi connectivity index (χ1n) is 8.60. The Morgan fingerprint density at radius 1 is 1.16 bits per heavy atom. The van der Waals surface area contributed by atoms with Gasteiger partial charge in [-0.2, -0.15) is 4.31 Å². The molecule has 0 atom stereocenters. The van der Waals surface area contributed by atoms with Crippen LogP contribution in [0.3, 0.4) is 0 Å². The van der Waals surface area contributed by atoms with Gasteiger partial charge in [0, 0.05) is 31.2 Å². The average Bonchev–Trinajstić information content (AvgIpc) is 2.92. The predicted molar refractivity (Wildman–Crippen MR) is 95.8 cm³/mol. The zero-order valence-electron chi connectivity index (χ0n) is 14.9. The first-order chi connectivity index (χ1) is 11.9.